The van der Waals surface area contributed by atoms with E-state index >= 15 is 0 Å². The van der Waals surface area contributed by atoms with Gasteiger partial charge < -0.3 is 14.5 Å². The van der Waals surface area contributed by atoms with E-state index in [9.17, 15) is 9.59 Å². The number of hydrazone groups is 1. The van der Waals surface area contributed by atoms with Gasteiger partial charge in [-0.3, -0.25) is 14.6 Å². The number of rotatable bonds is 6. The molecule has 0 atom stereocenters. The second-order valence-corrected chi connectivity index (χ2v) is 6.90. The van der Waals surface area contributed by atoms with E-state index in [0.717, 1.165) is 16.4 Å². The number of hydrogen-bond acceptors (Lipinski definition) is 6. The molecule has 2 aromatic heterocycles. The molecule has 31 heavy (non-hydrogen) atoms. The van der Waals surface area contributed by atoms with Crippen LogP contribution in [0.5, 0.6) is 5.75 Å². The summed E-state index contributed by atoms with van der Waals surface area (Å²) in [6.45, 7) is 1.66. The van der Waals surface area contributed by atoms with Gasteiger partial charge in [-0.05, 0) is 31.2 Å². The summed E-state index contributed by atoms with van der Waals surface area (Å²) in [6, 6.07) is 14.6. The van der Waals surface area contributed by atoms with E-state index in [0.29, 0.717) is 28.3 Å². The number of ether oxygens (including phenoxy) is 1. The van der Waals surface area contributed by atoms with Gasteiger partial charge in [-0.15, -0.1) is 0 Å². The Morgan fingerprint density at radius 3 is 2.71 bits per heavy atom. The zero-order valence-corrected chi connectivity index (χ0v) is 17.0. The Kier molecular flexibility index (Phi) is 5.61. The number of benzene rings is 2. The van der Waals surface area contributed by atoms with Crippen molar-refractivity contribution in [3.8, 4) is 5.75 Å². The lowest BCUT2D eigenvalue weighted by molar-refractivity contribution is -0.115. The third-order valence-electron chi connectivity index (χ3n) is 4.66. The summed E-state index contributed by atoms with van der Waals surface area (Å²) in [5.74, 6) is -0.178. The van der Waals surface area contributed by atoms with Crippen LogP contribution in [0.4, 0.5) is 5.69 Å². The first-order valence-electron chi connectivity index (χ1n) is 9.58. The van der Waals surface area contributed by atoms with Gasteiger partial charge in [0, 0.05) is 34.9 Å². The van der Waals surface area contributed by atoms with Crippen LogP contribution in [-0.4, -0.2) is 29.6 Å². The molecule has 2 aromatic carbocycles. The number of nitrogens with zero attached hydrogens (tertiary/aromatic N) is 2. The van der Waals surface area contributed by atoms with E-state index in [1.807, 2.05) is 30.3 Å². The Morgan fingerprint density at radius 1 is 1.10 bits per heavy atom. The number of carbonyl (C=O) groups is 2. The van der Waals surface area contributed by atoms with Crippen LogP contribution in [0, 0.1) is 0 Å². The fraction of sp³-hybridized carbons (Fsp3) is 0.130. The van der Waals surface area contributed by atoms with E-state index in [1.165, 1.54) is 6.20 Å². The van der Waals surface area contributed by atoms with Gasteiger partial charge in [-0.1, -0.05) is 18.2 Å². The largest absolute Gasteiger partial charge is 0.495 e. The molecular weight excluding hydrogens is 396 g/mol. The molecule has 156 valence electrons. The molecular formula is C23H20N4O4. The lowest BCUT2D eigenvalue weighted by Gasteiger charge is -2.10. The number of aromatic nitrogens is 1. The van der Waals surface area contributed by atoms with Crippen LogP contribution >= 0.6 is 0 Å². The van der Waals surface area contributed by atoms with Crippen molar-refractivity contribution in [1.82, 2.24) is 10.4 Å². The van der Waals surface area contributed by atoms with Crippen LogP contribution < -0.4 is 15.5 Å². The maximum Gasteiger partial charge on any atom is 0.272 e. The van der Waals surface area contributed by atoms with Crippen LogP contribution in [-0.2, 0) is 4.79 Å². The average Bonchev–Trinajstić information content (AvgIpc) is 3.14. The molecule has 0 fully saturated rings. The van der Waals surface area contributed by atoms with Crippen LogP contribution in [0.1, 0.15) is 23.7 Å². The van der Waals surface area contributed by atoms with Crippen molar-refractivity contribution in [3.05, 3.63) is 66.5 Å². The fourth-order valence-corrected chi connectivity index (χ4v) is 3.19. The Hall–Kier alpha value is -4.20. The molecule has 2 N–H and O–H groups in total. The SMILES string of the molecule is COc1cc2c(cc1NC(=O)CC(C)=NNC(=O)c1cccnc1)oc1ccccc12. The van der Waals surface area contributed by atoms with Gasteiger partial charge in [0.25, 0.3) is 5.91 Å². The number of para-hydroxylation sites is 1. The highest BCUT2D eigenvalue weighted by Crippen LogP contribution is 2.36. The van der Waals surface area contributed by atoms with Crippen molar-refractivity contribution < 1.29 is 18.7 Å². The number of nitrogens with one attached hydrogen (secondary N) is 2. The molecule has 0 radical (unpaired) electrons. The van der Waals surface area contributed by atoms with Crippen molar-refractivity contribution in [2.45, 2.75) is 13.3 Å². The molecule has 0 aliphatic heterocycles. The van der Waals surface area contributed by atoms with Gasteiger partial charge in [0.15, 0.2) is 0 Å². The maximum atomic E-state index is 12.5. The third-order valence-corrected chi connectivity index (χ3v) is 4.66. The Balaban J connectivity index is 1.47. The minimum Gasteiger partial charge on any atom is -0.495 e. The second kappa shape index (κ2) is 8.66. The van der Waals surface area contributed by atoms with E-state index in [2.05, 4.69) is 20.8 Å². The molecule has 8 nitrogen and oxygen atoms in total. The van der Waals surface area contributed by atoms with Crippen molar-refractivity contribution in [2.75, 3.05) is 12.4 Å². The summed E-state index contributed by atoms with van der Waals surface area (Å²) in [7, 11) is 1.54. The number of anilines is 1. The molecule has 0 aliphatic rings. The van der Waals surface area contributed by atoms with Gasteiger partial charge in [0.05, 0.1) is 24.8 Å². The summed E-state index contributed by atoms with van der Waals surface area (Å²) < 4.78 is 11.3. The summed E-state index contributed by atoms with van der Waals surface area (Å²) >= 11 is 0. The minimum atomic E-state index is -0.398. The van der Waals surface area contributed by atoms with Crippen LogP contribution in [0.2, 0.25) is 0 Å². The number of methoxy groups -OCH3 is 1. The van der Waals surface area contributed by atoms with Crippen LogP contribution in [0.25, 0.3) is 21.9 Å². The summed E-state index contributed by atoms with van der Waals surface area (Å²) in [5, 5.41) is 8.68. The molecule has 2 heterocycles. The number of pyridine rings is 1. The highest BCUT2D eigenvalue weighted by molar-refractivity contribution is 6.10. The normalized spacial score (nSPS) is 11.5. The number of hydrogen-bond donors (Lipinski definition) is 2. The van der Waals surface area contributed by atoms with Gasteiger partial charge in [-0.25, -0.2) is 5.43 Å². The zero-order chi connectivity index (χ0) is 21.8. The van der Waals surface area contributed by atoms with E-state index in [1.54, 1.807) is 38.4 Å². The van der Waals surface area contributed by atoms with E-state index < -0.39 is 5.91 Å². The lowest BCUT2D eigenvalue weighted by Crippen LogP contribution is -2.21. The lowest BCUT2D eigenvalue weighted by atomic mass is 10.1. The molecule has 2 amide bonds. The van der Waals surface area contributed by atoms with Crippen molar-refractivity contribution in [3.63, 3.8) is 0 Å². The van der Waals surface area contributed by atoms with Crippen molar-refractivity contribution >= 4 is 45.2 Å². The Bertz CT molecular complexity index is 1300. The number of furan rings is 1. The van der Waals surface area contributed by atoms with Crippen molar-refractivity contribution in [1.29, 1.82) is 0 Å². The first-order valence-corrected chi connectivity index (χ1v) is 9.58. The van der Waals surface area contributed by atoms with E-state index in [4.69, 9.17) is 9.15 Å². The first kappa shape index (κ1) is 20.1. The topological polar surface area (TPSA) is 106 Å². The molecule has 4 rings (SSSR count). The predicted molar refractivity (Wildman–Crippen MR) is 118 cm³/mol. The zero-order valence-electron chi connectivity index (χ0n) is 17.0. The third kappa shape index (κ3) is 4.37. The van der Waals surface area contributed by atoms with Crippen LogP contribution in [0.3, 0.4) is 0 Å². The quantitative estimate of drug-likeness (QED) is 0.363. The molecule has 0 saturated carbocycles. The first-order chi connectivity index (χ1) is 15.0. The highest BCUT2D eigenvalue weighted by Gasteiger charge is 2.14. The predicted octanol–water partition coefficient (Wildman–Crippen LogP) is 4.12. The molecule has 0 bridgehead atoms. The molecule has 0 saturated heterocycles. The van der Waals surface area contributed by atoms with Crippen molar-refractivity contribution in [2.24, 2.45) is 5.10 Å². The average molecular weight is 416 g/mol. The summed E-state index contributed by atoms with van der Waals surface area (Å²) in [6.07, 6.45) is 3.01. The standard InChI is InChI=1S/C23H20N4O4/c1-14(26-27-23(29)15-6-5-9-24-13-15)10-22(28)25-18-12-20-17(11-21(18)30-2)16-7-3-4-8-19(16)31-20/h3-9,11-13H,10H2,1-2H3,(H,25,28)(H,27,29). The summed E-state index contributed by atoms with van der Waals surface area (Å²) in [5.41, 5.74) is 5.14. The molecule has 0 unspecified atom stereocenters. The van der Waals surface area contributed by atoms with Crippen LogP contribution in [0.15, 0.2) is 70.4 Å². The fourth-order valence-electron chi connectivity index (χ4n) is 3.19. The molecule has 8 heteroatoms. The van der Waals surface area contributed by atoms with Gasteiger partial charge >= 0.3 is 0 Å². The second-order valence-electron chi connectivity index (χ2n) is 6.90. The smallest absolute Gasteiger partial charge is 0.272 e. The molecule has 4 aromatic rings. The Morgan fingerprint density at radius 2 is 1.94 bits per heavy atom. The number of amides is 2. The van der Waals surface area contributed by atoms with Gasteiger partial charge in [0.1, 0.15) is 16.9 Å². The molecule has 0 spiro atoms. The molecule has 0 aliphatic carbocycles. The van der Waals surface area contributed by atoms with E-state index in [-0.39, 0.29) is 12.3 Å². The Labute approximate surface area is 177 Å². The number of carbonyl (C=O) groups excluding carboxylic acids is 2. The summed E-state index contributed by atoms with van der Waals surface area (Å²) in [4.78, 5) is 28.4. The van der Waals surface area contributed by atoms with Gasteiger partial charge in [0.2, 0.25) is 5.91 Å². The van der Waals surface area contributed by atoms with Gasteiger partial charge in [-0.2, -0.15) is 5.10 Å². The highest BCUT2D eigenvalue weighted by atomic mass is 16.5. The maximum absolute atomic E-state index is 12.5. The monoisotopic (exact) mass is 416 g/mol. The number of fused-ring (bicyclic) bond motifs is 3. The minimum absolute atomic E-state index is 0.00532.